The summed E-state index contributed by atoms with van der Waals surface area (Å²) < 4.78 is 24.7. The number of pyridine rings is 1. The van der Waals surface area contributed by atoms with E-state index in [0.29, 0.717) is 22.9 Å². The minimum Gasteiger partial charge on any atom is -0.481 e. The van der Waals surface area contributed by atoms with Gasteiger partial charge in [0.25, 0.3) is 5.91 Å². The summed E-state index contributed by atoms with van der Waals surface area (Å²) in [6.07, 6.45) is 0.912. The van der Waals surface area contributed by atoms with Crippen molar-refractivity contribution in [2.24, 2.45) is 0 Å². The van der Waals surface area contributed by atoms with Gasteiger partial charge in [0.15, 0.2) is 6.10 Å². The minimum atomic E-state index is -0.660. The predicted octanol–water partition coefficient (Wildman–Crippen LogP) is 4.41. The molecular weight excluding hydrogens is 359 g/mol. The highest BCUT2D eigenvalue weighted by molar-refractivity contribution is 5.80. The molecule has 6 heteroatoms. The number of halogens is 1. The molecule has 2 aromatic carbocycles. The Kier molecular flexibility index (Phi) is 6.22. The number of aromatic nitrogens is 1. The Morgan fingerprint density at radius 2 is 1.89 bits per heavy atom. The summed E-state index contributed by atoms with van der Waals surface area (Å²) in [5, 5.41) is 2.81. The fraction of sp³-hybridized carbons (Fsp3) is 0.182. The summed E-state index contributed by atoms with van der Waals surface area (Å²) in [7, 11) is 0. The fourth-order valence-electron chi connectivity index (χ4n) is 2.49. The maximum atomic E-state index is 13.3. The van der Waals surface area contributed by atoms with Crippen molar-refractivity contribution < 1.29 is 18.7 Å². The van der Waals surface area contributed by atoms with Crippen molar-refractivity contribution in [1.82, 2.24) is 10.3 Å². The molecule has 0 spiro atoms. The third-order valence-corrected chi connectivity index (χ3v) is 4.02. The summed E-state index contributed by atoms with van der Waals surface area (Å²) >= 11 is 0. The molecule has 28 heavy (non-hydrogen) atoms. The molecule has 0 aliphatic heterocycles. The van der Waals surface area contributed by atoms with Gasteiger partial charge in [0, 0.05) is 24.4 Å². The molecule has 5 nitrogen and oxygen atoms in total. The standard InChI is InChI=1S/C22H21FN2O3/c1-15-8-10-19(11-9-15)27-16(2)21(26)25-14-17-5-4-12-24-22(17)28-20-7-3-6-18(23)13-20/h3-13,16H,14H2,1-2H3,(H,25,26). The highest BCUT2D eigenvalue weighted by atomic mass is 19.1. The first-order valence-corrected chi connectivity index (χ1v) is 8.89. The van der Waals surface area contributed by atoms with E-state index in [4.69, 9.17) is 9.47 Å². The molecule has 3 aromatic rings. The molecule has 0 aliphatic rings. The first-order chi connectivity index (χ1) is 13.5. The van der Waals surface area contributed by atoms with Crippen LogP contribution in [0.2, 0.25) is 0 Å². The van der Waals surface area contributed by atoms with Crippen LogP contribution >= 0.6 is 0 Å². The summed E-state index contributed by atoms with van der Waals surface area (Å²) in [6.45, 7) is 3.87. The monoisotopic (exact) mass is 380 g/mol. The number of nitrogens with zero attached hydrogens (tertiary/aromatic N) is 1. The van der Waals surface area contributed by atoms with Gasteiger partial charge in [-0.05, 0) is 44.2 Å². The molecular formula is C22H21FN2O3. The van der Waals surface area contributed by atoms with Gasteiger partial charge >= 0.3 is 0 Å². The lowest BCUT2D eigenvalue weighted by molar-refractivity contribution is -0.127. The molecule has 0 saturated carbocycles. The van der Waals surface area contributed by atoms with Gasteiger partial charge in [0.05, 0.1) is 0 Å². The Bertz CT molecular complexity index is 945. The number of aryl methyl sites for hydroxylation is 1. The number of ether oxygens (including phenoxy) is 2. The first-order valence-electron chi connectivity index (χ1n) is 8.89. The van der Waals surface area contributed by atoms with Gasteiger partial charge in [0.1, 0.15) is 17.3 Å². The SMILES string of the molecule is Cc1ccc(OC(C)C(=O)NCc2cccnc2Oc2cccc(F)c2)cc1. The zero-order valence-electron chi connectivity index (χ0n) is 15.7. The van der Waals surface area contributed by atoms with Crippen LogP contribution in [0.1, 0.15) is 18.1 Å². The Morgan fingerprint density at radius 1 is 1.11 bits per heavy atom. The highest BCUT2D eigenvalue weighted by Gasteiger charge is 2.15. The zero-order chi connectivity index (χ0) is 19.9. The average Bonchev–Trinajstić information content (AvgIpc) is 2.69. The minimum absolute atomic E-state index is 0.207. The van der Waals surface area contributed by atoms with Gasteiger partial charge in [-0.2, -0.15) is 0 Å². The van der Waals surface area contributed by atoms with E-state index in [0.717, 1.165) is 5.56 Å². The molecule has 0 aliphatic carbocycles. The van der Waals surface area contributed by atoms with Crippen LogP contribution in [0.5, 0.6) is 17.4 Å². The van der Waals surface area contributed by atoms with Crippen LogP contribution in [0, 0.1) is 12.7 Å². The number of hydrogen-bond acceptors (Lipinski definition) is 4. The van der Waals surface area contributed by atoms with Crippen LogP contribution in [-0.4, -0.2) is 17.0 Å². The van der Waals surface area contributed by atoms with Crippen molar-refractivity contribution >= 4 is 5.91 Å². The lowest BCUT2D eigenvalue weighted by atomic mass is 10.2. The number of benzene rings is 2. The summed E-state index contributed by atoms with van der Waals surface area (Å²) in [5.41, 5.74) is 1.79. The van der Waals surface area contributed by atoms with Crippen LogP contribution in [-0.2, 0) is 11.3 Å². The van der Waals surface area contributed by atoms with E-state index in [-0.39, 0.29) is 12.5 Å². The van der Waals surface area contributed by atoms with Crippen molar-refractivity contribution in [3.05, 3.63) is 83.8 Å². The normalized spacial score (nSPS) is 11.5. The molecule has 1 heterocycles. The third-order valence-electron chi connectivity index (χ3n) is 4.02. The number of hydrogen-bond donors (Lipinski definition) is 1. The van der Waals surface area contributed by atoms with Crippen LogP contribution in [0.15, 0.2) is 66.9 Å². The second-order valence-electron chi connectivity index (χ2n) is 6.32. The maximum absolute atomic E-state index is 13.3. The Morgan fingerprint density at radius 3 is 2.64 bits per heavy atom. The molecule has 1 aromatic heterocycles. The van der Waals surface area contributed by atoms with Gasteiger partial charge < -0.3 is 14.8 Å². The lowest BCUT2D eigenvalue weighted by Gasteiger charge is -2.16. The van der Waals surface area contributed by atoms with E-state index < -0.39 is 11.9 Å². The summed E-state index contributed by atoms with van der Waals surface area (Å²) in [5.74, 6) is 0.610. The number of carbonyl (C=O) groups excluding carboxylic acids is 1. The maximum Gasteiger partial charge on any atom is 0.261 e. The number of nitrogens with one attached hydrogen (secondary N) is 1. The third kappa shape index (κ3) is 5.30. The predicted molar refractivity (Wildman–Crippen MR) is 104 cm³/mol. The van der Waals surface area contributed by atoms with E-state index in [1.807, 2.05) is 31.2 Å². The van der Waals surface area contributed by atoms with Crippen molar-refractivity contribution in [2.45, 2.75) is 26.5 Å². The molecule has 1 N–H and O–H groups in total. The summed E-state index contributed by atoms with van der Waals surface area (Å²) in [6, 6.07) is 16.8. The first kappa shape index (κ1) is 19.4. The zero-order valence-corrected chi connectivity index (χ0v) is 15.7. The molecule has 3 rings (SSSR count). The van der Waals surface area contributed by atoms with Crippen LogP contribution in [0.4, 0.5) is 4.39 Å². The van der Waals surface area contributed by atoms with Crippen LogP contribution < -0.4 is 14.8 Å². The molecule has 0 saturated heterocycles. The highest BCUT2D eigenvalue weighted by Crippen LogP contribution is 2.23. The van der Waals surface area contributed by atoms with Crippen molar-refractivity contribution in [3.8, 4) is 17.4 Å². The Hall–Kier alpha value is -3.41. The van der Waals surface area contributed by atoms with Gasteiger partial charge in [-0.25, -0.2) is 9.37 Å². The molecule has 0 fully saturated rings. The Labute approximate surface area is 163 Å². The Balaban J connectivity index is 1.60. The van der Waals surface area contributed by atoms with Gasteiger partial charge in [-0.15, -0.1) is 0 Å². The topological polar surface area (TPSA) is 60.5 Å². The molecule has 1 unspecified atom stereocenters. The second kappa shape index (κ2) is 8.99. The molecule has 1 atom stereocenters. The van der Waals surface area contributed by atoms with Crippen molar-refractivity contribution in [1.29, 1.82) is 0 Å². The largest absolute Gasteiger partial charge is 0.481 e. The molecule has 1 amide bonds. The van der Waals surface area contributed by atoms with Crippen LogP contribution in [0.25, 0.3) is 0 Å². The van der Waals surface area contributed by atoms with Gasteiger partial charge in [-0.3, -0.25) is 4.79 Å². The fourth-order valence-corrected chi connectivity index (χ4v) is 2.49. The molecule has 0 radical (unpaired) electrons. The van der Waals surface area contributed by atoms with E-state index >= 15 is 0 Å². The number of amides is 1. The van der Waals surface area contributed by atoms with Gasteiger partial charge in [0.2, 0.25) is 5.88 Å². The quantitative estimate of drug-likeness (QED) is 0.660. The smallest absolute Gasteiger partial charge is 0.261 e. The van der Waals surface area contributed by atoms with Crippen LogP contribution in [0.3, 0.4) is 0 Å². The van der Waals surface area contributed by atoms with E-state index in [1.165, 1.54) is 12.1 Å². The van der Waals surface area contributed by atoms with Crippen molar-refractivity contribution in [3.63, 3.8) is 0 Å². The van der Waals surface area contributed by atoms with Crippen molar-refractivity contribution in [2.75, 3.05) is 0 Å². The molecule has 0 bridgehead atoms. The number of rotatable bonds is 7. The lowest BCUT2D eigenvalue weighted by Crippen LogP contribution is -2.36. The number of carbonyl (C=O) groups is 1. The van der Waals surface area contributed by atoms with E-state index in [9.17, 15) is 9.18 Å². The summed E-state index contributed by atoms with van der Waals surface area (Å²) in [4.78, 5) is 16.5. The second-order valence-corrected chi connectivity index (χ2v) is 6.32. The average molecular weight is 380 g/mol. The van der Waals surface area contributed by atoms with Gasteiger partial charge in [-0.1, -0.05) is 29.8 Å². The van der Waals surface area contributed by atoms with E-state index in [2.05, 4.69) is 10.3 Å². The molecule has 144 valence electrons. The van der Waals surface area contributed by atoms with E-state index in [1.54, 1.807) is 37.4 Å².